The number of benzene rings is 2. The number of thiocarbonyl (C=S) groups is 1. The Labute approximate surface area is 229 Å². The molecule has 39 heavy (non-hydrogen) atoms. The van der Waals surface area contributed by atoms with Crippen molar-refractivity contribution < 1.29 is 18.9 Å². The second-order valence-corrected chi connectivity index (χ2v) is 9.18. The number of carbonyl (C=O) groups is 1. The normalized spacial score (nSPS) is 16.6. The summed E-state index contributed by atoms with van der Waals surface area (Å²) in [6.07, 6.45) is 2.06. The molecule has 2 N–H and O–H groups in total. The molecule has 2 atom stereocenters. The van der Waals surface area contributed by atoms with E-state index in [0.717, 1.165) is 11.4 Å². The van der Waals surface area contributed by atoms with Gasteiger partial charge in [0.05, 0.1) is 29.5 Å². The number of nitro benzene ring substituents is 1. The summed E-state index contributed by atoms with van der Waals surface area (Å²) in [7, 11) is 1.54. The Balaban J connectivity index is 1.55. The molecule has 1 aliphatic rings. The second kappa shape index (κ2) is 10.9. The molecule has 0 saturated carbocycles. The minimum atomic E-state index is -0.439. The quantitative estimate of drug-likeness (QED) is 0.162. The monoisotopic (exact) mass is 543 g/mol. The van der Waals surface area contributed by atoms with E-state index in [4.69, 9.17) is 21.4 Å². The lowest BCUT2D eigenvalue weighted by Gasteiger charge is -2.27. The van der Waals surface area contributed by atoms with Crippen molar-refractivity contribution in [1.29, 1.82) is 0 Å². The molecule has 0 spiro atoms. The fourth-order valence-corrected chi connectivity index (χ4v) is 4.85. The molecular formula is C28H25N5O5S. The van der Waals surface area contributed by atoms with Gasteiger partial charge < -0.3 is 24.7 Å². The van der Waals surface area contributed by atoms with E-state index in [-0.39, 0.29) is 17.6 Å². The number of non-ortho nitro benzene ring substituents is 1. The van der Waals surface area contributed by atoms with Gasteiger partial charge in [-0.3, -0.25) is 19.9 Å². The molecule has 3 heterocycles. The van der Waals surface area contributed by atoms with Crippen LogP contribution in [0, 0.1) is 10.1 Å². The van der Waals surface area contributed by atoms with Crippen LogP contribution in [-0.2, 0) is 4.79 Å². The molecule has 1 amide bonds. The summed E-state index contributed by atoms with van der Waals surface area (Å²) in [5, 5.41) is 17.8. The lowest BCUT2D eigenvalue weighted by molar-refractivity contribution is -0.384. The maximum Gasteiger partial charge on any atom is 0.269 e. The van der Waals surface area contributed by atoms with Crippen molar-refractivity contribution in [2.24, 2.45) is 0 Å². The maximum atomic E-state index is 12.0. The molecule has 2 aromatic heterocycles. The van der Waals surface area contributed by atoms with Crippen LogP contribution in [0.5, 0.6) is 5.75 Å². The van der Waals surface area contributed by atoms with Crippen LogP contribution in [0.15, 0.2) is 83.4 Å². The fraction of sp³-hybridized carbons (Fsp3) is 0.179. The summed E-state index contributed by atoms with van der Waals surface area (Å²) in [6.45, 7) is 1.78. The number of nitro groups is 1. The number of aromatic nitrogens is 1. The van der Waals surface area contributed by atoms with E-state index in [9.17, 15) is 14.9 Å². The van der Waals surface area contributed by atoms with Crippen LogP contribution in [0.2, 0.25) is 0 Å². The number of amides is 1. The third-order valence-electron chi connectivity index (χ3n) is 6.44. The summed E-state index contributed by atoms with van der Waals surface area (Å²) in [5.41, 5.74) is 2.78. The highest BCUT2D eigenvalue weighted by Crippen LogP contribution is 2.44. The Kier molecular flexibility index (Phi) is 7.24. The van der Waals surface area contributed by atoms with Gasteiger partial charge in [0.25, 0.3) is 5.69 Å². The largest absolute Gasteiger partial charge is 0.494 e. The molecule has 0 aliphatic carbocycles. The minimum absolute atomic E-state index is 0.00443. The first kappa shape index (κ1) is 25.9. The molecule has 11 heteroatoms. The molecule has 1 saturated heterocycles. The van der Waals surface area contributed by atoms with Crippen LogP contribution in [0.1, 0.15) is 36.9 Å². The maximum absolute atomic E-state index is 12.0. The van der Waals surface area contributed by atoms with E-state index >= 15 is 0 Å². The average molecular weight is 544 g/mol. The number of furan rings is 1. The van der Waals surface area contributed by atoms with Gasteiger partial charge in [-0.1, -0.05) is 13.0 Å². The number of rotatable bonds is 8. The predicted molar refractivity (Wildman–Crippen MR) is 151 cm³/mol. The number of carbonyl (C=O) groups excluding carboxylic acids is 1. The van der Waals surface area contributed by atoms with E-state index < -0.39 is 11.0 Å². The van der Waals surface area contributed by atoms with E-state index in [1.165, 1.54) is 12.1 Å². The van der Waals surface area contributed by atoms with Crippen LogP contribution in [-0.4, -0.2) is 28.0 Å². The smallest absolute Gasteiger partial charge is 0.269 e. The number of methoxy groups -OCH3 is 1. The van der Waals surface area contributed by atoms with E-state index in [2.05, 4.69) is 15.6 Å². The molecule has 1 aliphatic heterocycles. The van der Waals surface area contributed by atoms with Crippen molar-refractivity contribution in [2.75, 3.05) is 17.3 Å². The molecule has 10 nitrogen and oxygen atoms in total. The van der Waals surface area contributed by atoms with Crippen LogP contribution in [0.25, 0.3) is 11.3 Å². The number of ether oxygens (including phenoxy) is 1. The lowest BCUT2D eigenvalue weighted by Crippen LogP contribution is -2.29. The van der Waals surface area contributed by atoms with Crippen LogP contribution in [0.3, 0.4) is 0 Å². The van der Waals surface area contributed by atoms with Crippen molar-refractivity contribution in [3.8, 4) is 17.1 Å². The summed E-state index contributed by atoms with van der Waals surface area (Å²) >= 11 is 5.79. The van der Waals surface area contributed by atoms with Gasteiger partial charge in [-0.2, -0.15) is 0 Å². The van der Waals surface area contributed by atoms with Gasteiger partial charge in [-0.15, -0.1) is 0 Å². The Hall–Kier alpha value is -4.77. The molecule has 4 aromatic rings. The number of pyridine rings is 1. The number of anilines is 2. The predicted octanol–water partition coefficient (Wildman–Crippen LogP) is 5.78. The van der Waals surface area contributed by atoms with Crippen LogP contribution < -0.4 is 20.3 Å². The minimum Gasteiger partial charge on any atom is -0.494 e. The first-order valence-electron chi connectivity index (χ1n) is 12.2. The summed E-state index contributed by atoms with van der Waals surface area (Å²) < 4.78 is 11.9. The topological polar surface area (TPSA) is 123 Å². The van der Waals surface area contributed by atoms with Gasteiger partial charge in [-0.05, 0) is 60.7 Å². The Morgan fingerprint density at radius 1 is 1.18 bits per heavy atom. The third-order valence-corrected chi connectivity index (χ3v) is 6.75. The molecule has 5 rings (SSSR count). The molecule has 0 radical (unpaired) electrons. The van der Waals surface area contributed by atoms with Crippen molar-refractivity contribution in [3.63, 3.8) is 0 Å². The third kappa shape index (κ3) is 5.16. The Bertz CT molecular complexity index is 1520. The molecular weight excluding hydrogens is 518 g/mol. The van der Waals surface area contributed by atoms with Gasteiger partial charge in [0.15, 0.2) is 5.11 Å². The zero-order chi connectivity index (χ0) is 27.5. The molecule has 2 unspecified atom stereocenters. The van der Waals surface area contributed by atoms with Crippen molar-refractivity contribution in [1.82, 2.24) is 10.3 Å². The standard InChI is InChI=1S/C28H25N5O5S/c1-3-25(34)30-20-12-11-19(16-24(20)37-2)32-27(26(31-28(32)39)21-6-4-5-15-29-21)23-14-13-22(38-23)17-7-9-18(10-8-17)33(35)36/h4-16,26-27H,3H2,1-2H3,(H,30,34)(H,31,39). The van der Waals surface area contributed by atoms with Gasteiger partial charge in [0.2, 0.25) is 5.91 Å². The molecule has 0 bridgehead atoms. The van der Waals surface area contributed by atoms with Gasteiger partial charge >= 0.3 is 0 Å². The van der Waals surface area contributed by atoms with Crippen molar-refractivity contribution >= 4 is 40.3 Å². The molecule has 2 aromatic carbocycles. The van der Waals surface area contributed by atoms with E-state index in [1.807, 2.05) is 47.4 Å². The first-order valence-corrected chi connectivity index (χ1v) is 12.6. The second-order valence-electron chi connectivity index (χ2n) is 8.79. The first-order chi connectivity index (χ1) is 18.9. The summed E-state index contributed by atoms with van der Waals surface area (Å²) in [5.74, 6) is 1.55. The lowest BCUT2D eigenvalue weighted by atomic mass is 10.0. The van der Waals surface area contributed by atoms with E-state index in [1.54, 1.807) is 38.4 Å². The highest BCUT2D eigenvalue weighted by molar-refractivity contribution is 7.80. The van der Waals surface area contributed by atoms with Crippen LogP contribution >= 0.6 is 12.2 Å². The zero-order valence-electron chi connectivity index (χ0n) is 21.2. The zero-order valence-corrected chi connectivity index (χ0v) is 22.0. The van der Waals surface area contributed by atoms with Gasteiger partial charge in [-0.25, -0.2) is 0 Å². The van der Waals surface area contributed by atoms with Crippen LogP contribution in [0.4, 0.5) is 17.1 Å². The summed E-state index contributed by atoms with van der Waals surface area (Å²) in [4.78, 5) is 29.1. The fourth-order valence-electron chi connectivity index (χ4n) is 4.51. The van der Waals surface area contributed by atoms with E-state index in [0.29, 0.717) is 40.1 Å². The van der Waals surface area contributed by atoms with Crippen molar-refractivity contribution in [3.05, 3.63) is 101 Å². The Morgan fingerprint density at radius 2 is 1.97 bits per heavy atom. The average Bonchev–Trinajstić information content (AvgIpc) is 3.58. The van der Waals surface area contributed by atoms with Crippen molar-refractivity contribution in [2.45, 2.75) is 25.4 Å². The number of nitrogens with one attached hydrogen (secondary N) is 2. The molecule has 1 fully saturated rings. The number of nitrogens with zero attached hydrogens (tertiary/aromatic N) is 3. The SMILES string of the molecule is CCC(=O)Nc1ccc(N2C(=S)NC(c3ccccn3)C2c2ccc(-c3ccc([N+](=O)[O-])cc3)o2)cc1OC. The Morgan fingerprint density at radius 3 is 2.64 bits per heavy atom. The van der Waals surface area contributed by atoms with Gasteiger partial charge in [0, 0.05) is 42.1 Å². The number of hydrogen-bond acceptors (Lipinski definition) is 7. The number of hydrogen-bond donors (Lipinski definition) is 2. The highest BCUT2D eigenvalue weighted by atomic mass is 32.1. The van der Waals surface area contributed by atoms with Gasteiger partial charge in [0.1, 0.15) is 23.3 Å². The highest BCUT2D eigenvalue weighted by Gasteiger charge is 2.42. The molecule has 198 valence electrons. The summed E-state index contributed by atoms with van der Waals surface area (Å²) in [6, 6.07) is 20.3.